The normalized spacial score (nSPS) is 24.8. The van der Waals surface area contributed by atoms with Gasteiger partial charge in [-0.3, -0.25) is 19.6 Å². The molecule has 228 valence electrons. The van der Waals surface area contributed by atoms with Gasteiger partial charge < -0.3 is 29.8 Å². The zero-order valence-corrected chi connectivity index (χ0v) is 24.7. The molecule has 42 heavy (non-hydrogen) atoms. The van der Waals surface area contributed by atoms with Gasteiger partial charge in [-0.1, -0.05) is 6.07 Å². The summed E-state index contributed by atoms with van der Waals surface area (Å²) >= 11 is 0. The summed E-state index contributed by atoms with van der Waals surface area (Å²) in [4.78, 5) is 29.4. The number of carbonyl (C=O) groups is 1. The van der Waals surface area contributed by atoms with Crippen LogP contribution in [-0.2, 0) is 24.4 Å². The maximum absolute atomic E-state index is 13.3. The van der Waals surface area contributed by atoms with Crippen LogP contribution in [0.15, 0.2) is 40.2 Å². The van der Waals surface area contributed by atoms with Crippen LogP contribution in [0.2, 0.25) is 0 Å². The second kappa shape index (κ2) is 13.5. The molecule has 6 rings (SSSR count). The van der Waals surface area contributed by atoms with Crippen molar-refractivity contribution < 1.29 is 19.1 Å². The minimum absolute atomic E-state index is 0.0258. The molecule has 1 saturated heterocycles. The van der Waals surface area contributed by atoms with Crippen molar-refractivity contribution in [2.45, 2.75) is 70.0 Å². The van der Waals surface area contributed by atoms with Crippen molar-refractivity contribution in [1.29, 1.82) is 0 Å². The van der Waals surface area contributed by atoms with Gasteiger partial charge in [0.15, 0.2) is 12.2 Å². The van der Waals surface area contributed by atoms with E-state index in [-0.39, 0.29) is 24.5 Å². The Morgan fingerprint density at radius 2 is 2.05 bits per heavy atom. The molecule has 11 nitrogen and oxygen atoms in total. The van der Waals surface area contributed by atoms with Crippen molar-refractivity contribution in [2.75, 3.05) is 52.9 Å². The Labute approximate surface area is 248 Å². The summed E-state index contributed by atoms with van der Waals surface area (Å²) < 4.78 is 11.1. The van der Waals surface area contributed by atoms with Gasteiger partial charge in [-0.05, 0) is 62.4 Å². The molecule has 2 unspecified atom stereocenters. The number of aliphatic hydroxyl groups is 1. The predicted octanol–water partition coefficient (Wildman–Crippen LogP) is 1.61. The molecule has 1 aliphatic carbocycles. The molecule has 1 amide bonds. The molecule has 3 N–H and O–H groups in total. The number of fused-ring (bicyclic) bond motifs is 1. The summed E-state index contributed by atoms with van der Waals surface area (Å²) in [6, 6.07) is 6.67. The maximum atomic E-state index is 13.3. The van der Waals surface area contributed by atoms with Crippen molar-refractivity contribution in [1.82, 2.24) is 30.3 Å². The third-order valence-electron chi connectivity index (χ3n) is 9.16. The van der Waals surface area contributed by atoms with E-state index >= 15 is 0 Å². The summed E-state index contributed by atoms with van der Waals surface area (Å²) in [6.07, 6.45) is 8.36. The lowest BCUT2D eigenvalue weighted by Gasteiger charge is -2.40. The fourth-order valence-corrected chi connectivity index (χ4v) is 6.32. The van der Waals surface area contributed by atoms with Gasteiger partial charge in [-0.25, -0.2) is 4.98 Å². The van der Waals surface area contributed by atoms with Crippen LogP contribution < -0.4 is 15.4 Å². The highest BCUT2D eigenvalue weighted by atomic mass is 16.5. The highest BCUT2D eigenvalue weighted by Crippen LogP contribution is 2.27. The van der Waals surface area contributed by atoms with Crippen molar-refractivity contribution in [3.05, 3.63) is 47.7 Å². The van der Waals surface area contributed by atoms with Crippen LogP contribution in [0.3, 0.4) is 0 Å². The van der Waals surface area contributed by atoms with Crippen LogP contribution in [0, 0.1) is 5.92 Å². The molecular formula is C31H45N7O4. The number of hydrogen-bond donors (Lipinski definition) is 3. The maximum Gasteiger partial charge on any atom is 0.223 e. The van der Waals surface area contributed by atoms with E-state index in [1.807, 2.05) is 6.07 Å². The molecule has 0 radical (unpaired) electrons. The Balaban J connectivity index is 0.973. The highest BCUT2D eigenvalue weighted by Gasteiger charge is 2.34. The monoisotopic (exact) mass is 579 g/mol. The fourth-order valence-electron chi connectivity index (χ4n) is 6.32. The number of β-amino-alcohol motifs (C(OH)–C–C–N with tert-alkyl or cyclic N) is 1. The first-order chi connectivity index (χ1) is 20.5. The third-order valence-corrected chi connectivity index (χ3v) is 9.16. The fraction of sp³-hybridized carbons (Fsp3) is 0.645. The van der Waals surface area contributed by atoms with Crippen LogP contribution >= 0.6 is 0 Å². The summed E-state index contributed by atoms with van der Waals surface area (Å²) in [6.45, 7) is 6.76. The number of benzene rings is 1. The molecule has 3 aliphatic heterocycles. The van der Waals surface area contributed by atoms with E-state index in [0.717, 1.165) is 63.7 Å². The molecule has 1 aromatic heterocycles. The number of piperazine rings is 1. The summed E-state index contributed by atoms with van der Waals surface area (Å²) in [5, 5.41) is 17.5. The second-order valence-corrected chi connectivity index (χ2v) is 12.4. The van der Waals surface area contributed by atoms with E-state index in [1.54, 1.807) is 6.20 Å². The van der Waals surface area contributed by atoms with Crippen LogP contribution in [-0.4, -0.2) is 108 Å². The minimum atomic E-state index is -0.627. The van der Waals surface area contributed by atoms with Gasteiger partial charge >= 0.3 is 0 Å². The average Bonchev–Trinajstić information content (AvgIpc) is 3.51. The molecule has 11 heteroatoms. The van der Waals surface area contributed by atoms with Crippen molar-refractivity contribution in [3.63, 3.8) is 0 Å². The molecule has 1 saturated carbocycles. The Bertz CT molecular complexity index is 1210. The van der Waals surface area contributed by atoms with Gasteiger partial charge in [0.1, 0.15) is 18.5 Å². The van der Waals surface area contributed by atoms with Gasteiger partial charge in [0.2, 0.25) is 5.91 Å². The van der Waals surface area contributed by atoms with Crippen molar-refractivity contribution in [3.8, 4) is 5.75 Å². The molecule has 1 aromatic carbocycles. The van der Waals surface area contributed by atoms with Gasteiger partial charge in [-0.15, -0.1) is 0 Å². The molecule has 4 heterocycles. The van der Waals surface area contributed by atoms with E-state index in [2.05, 4.69) is 49.5 Å². The van der Waals surface area contributed by atoms with Crippen molar-refractivity contribution >= 4 is 11.7 Å². The molecule has 2 fully saturated rings. The van der Waals surface area contributed by atoms with Crippen LogP contribution in [0.1, 0.15) is 49.0 Å². The van der Waals surface area contributed by atoms with Crippen LogP contribution in [0.4, 0.5) is 0 Å². The first-order valence-electron chi connectivity index (χ1n) is 15.5. The van der Waals surface area contributed by atoms with Gasteiger partial charge in [0.05, 0.1) is 18.1 Å². The molecule has 0 spiro atoms. The van der Waals surface area contributed by atoms with Gasteiger partial charge in [0.25, 0.3) is 0 Å². The number of hydrogen-bond acceptors (Lipinski definition) is 10. The van der Waals surface area contributed by atoms with E-state index < -0.39 is 6.10 Å². The number of amidine groups is 1. The van der Waals surface area contributed by atoms with Gasteiger partial charge in [0, 0.05) is 70.7 Å². The number of oxazole rings is 1. The Morgan fingerprint density at radius 1 is 1.19 bits per heavy atom. The minimum Gasteiger partial charge on any atom is -0.486 e. The summed E-state index contributed by atoms with van der Waals surface area (Å²) in [7, 11) is 2.16. The topological polar surface area (TPSA) is 119 Å². The number of aliphatic imine (C=N–C) groups is 1. The number of amides is 1. The van der Waals surface area contributed by atoms with Crippen molar-refractivity contribution in [2.24, 2.45) is 10.9 Å². The number of rotatable bonds is 10. The smallest absolute Gasteiger partial charge is 0.223 e. The third kappa shape index (κ3) is 7.50. The van der Waals surface area contributed by atoms with E-state index in [9.17, 15) is 9.90 Å². The lowest BCUT2D eigenvalue weighted by Crippen LogP contribution is -2.53. The average molecular weight is 580 g/mol. The largest absolute Gasteiger partial charge is 0.486 e. The number of ether oxygens (including phenoxy) is 1. The van der Waals surface area contributed by atoms with E-state index in [1.165, 1.54) is 36.8 Å². The quantitative estimate of drug-likeness (QED) is 0.386. The first-order valence-corrected chi connectivity index (χ1v) is 15.5. The Kier molecular flexibility index (Phi) is 9.38. The number of nitrogens with zero attached hydrogens (tertiary/aromatic N) is 5. The number of carbonyl (C=O) groups excluding carboxylic acids is 1. The van der Waals surface area contributed by atoms with Gasteiger partial charge in [-0.2, -0.15) is 0 Å². The molecule has 2 aromatic rings. The Morgan fingerprint density at radius 3 is 2.81 bits per heavy atom. The summed E-state index contributed by atoms with van der Waals surface area (Å²) in [5.74, 6) is 2.38. The highest BCUT2D eigenvalue weighted by molar-refractivity contribution is 5.90. The zero-order valence-electron chi connectivity index (χ0n) is 24.7. The van der Waals surface area contributed by atoms with Crippen LogP contribution in [0.5, 0.6) is 5.75 Å². The number of aromatic nitrogens is 1. The van der Waals surface area contributed by atoms with E-state index in [4.69, 9.17) is 14.1 Å². The standard InChI is InChI=1S/C31H45N7O4/c1-36-9-11-38(12-10-36)30-15-24(14-29(35-30)34-25-3-2-4-25)31(40)33-16-26(39)19-37-8-7-22-13-27(6-5-23(22)18-37)41-20-28-17-32-21-42-28/h5-6,13,17,21,24-26,30,39H,2-4,7-12,14-16,18-20H2,1H3,(H,33,40)(H,34,35)/t24?,26-,30?/m0/s1. The SMILES string of the molecule is CN1CCN(C2CC(C(=O)NC[C@H](O)CN3CCc4cc(OCc5cnco5)ccc4C3)CC(NC3CCC3)=N2)CC1. The number of aliphatic hydroxyl groups excluding tert-OH is 1. The van der Waals surface area contributed by atoms with E-state index in [0.29, 0.717) is 31.4 Å². The Hall–Kier alpha value is -2.99. The second-order valence-electron chi connectivity index (χ2n) is 12.4. The lowest BCUT2D eigenvalue weighted by atomic mass is 9.90. The van der Waals surface area contributed by atoms with Crippen LogP contribution in [0.25, 0.3) is 0 Å². The number of nitrogens with one attached hydrogen (secondary N) is 2. The molecular weight excluding hydrogens is 534 g/mol. The molecule has 0 bridgehead atoms. The number of likely N-dealkylation sites (N-methyl/N-ethyl adjacent to an activating group) is 1. The lowest BCUT2D eigenvalue weighted by molar-refractivity contribution is -0.126. The predicted molar refractivity (Wildman–Crippen MR) is 159 cm³/mol. The molecule has 3 atom stereocenters. The molecule has 4 aliphatic rings. The zero-order chi connectivity index (χ0) is 28.9. The first kappa shape index (κ1) is 29.1. The summed E-state index contributed by atoms with van der Waals surface area (Å²) in [5.41, 5.74) is 2.51.